The smallest absolute Gasteiger partial charge is 0.308 e. The second kappa shape index (κ2) is 5.95. The molecule has 2 heterocycles. The van der Waals surface area contributed by atoms with Gasteiger partial charge in [-0.2, -0.15) is 0 Å². The van der Waals surface area contributed by atoms with E-state index < -0.39 is 23.4 Å². The van der Waals surface area contributed by atoms with E-state index in [1.54, 1.807) is 0 Å². The van der Waals surface area contributed by atoms with Crippen LogP contribution in [0.2, 0.25) is 0 Å². The predicted molar refractivity (Wildman–Crippen MR) is 78.6 cm³/mol. The van der Waals surface area contributed by atoms with Gasteiger partial charge in [-0.1, -0.05) is 0 Å². The number of furan rings is 1. The van der Waals surface area contributed by atoms with Crippen molar-refractivity contribution in [3.63, 3.8) is 0 Å². The highest BCUT2D eigenvalue weighted by Crippen LogP contribution is 2.49. The molecule has 1 amide bonds. The quantitative estimate of drug-likeness (QED) is 0.871. The number of ether oxygens (including phenoxy) is 1. The molecule has 0 radical (unpaired) electrons. The molecular formula is C16H13F2NO5. The Labute approximate surface area is 135 Å². The van der Waals surface area contributed by atoms with Crippen molar-refractivity contribution in [3.8, 4) is 22.8 Å². The lowest BCUT2D eigenvalue weighted by Gasteiger charge is -2.13. The molecule has 8 heteroatoms. The van der Waals surface area contributed by atoms with Crippen molar-refractivity contribution in [3.05, 3.63) is 29.8 Å². The molecule has 0 aliphatic carbocycles. The third kappa shape index (κ3) is 2.70. The molecule has 1 fully saturated rings. The van der Waals surface area contributed by atoms with E-state index in [9.17, 15) is 23.5 Å². The summed E-state index contributed by atoms with van der Waals surface area (Å²) in [4.78, 5) is 24.4. The standard InChI is InChI=1S/C16H13F2NO5/c1-8(20)23-15-13(22)14(10-5-4-9(17)7-11(10)18)24-16(15)19-6-2-3-12(19)21/h4-5,7,22H,2-3,6H2,1H3. The van der Waals surface area contributed by atoms with Crippen LogP contribution >= 0.6 is 0 Å². The molecular weight excluding hydrogens is 324 g/mol. The number of amides is 1. The van der Waals surface area contributed by atoms with Crippen LogP contribution in [0, 0.1) is 11.6 Å². The molecule has 6 nitrogen and oxygen atoms in total. The number of hydrogen-bond acceptors (Lipinski definition) is 5. The van der Waals surface area contributed by atoms with E-state index in [1.807, 2.05) is 0 Å². The molecule has 1 aromatic carbocycles. The molecule has 0 atom stereocenters. The average Bonchev–Trinajstić information content (AvgIpc) is 3.04. The Hall–Kier alpha value is -2.90. The zero-order chi connectivity index (χ0) is 17.4. The number of benzene rings is 1. The summed E-state index contributed by atoms with van der Waals surface area (Å²) in [5, 5.41) is 10.3. The van der Waals surface area contributed by atoms with E-state index >= 15 is 0 Å². The zero-order valence-corrected chi connectivity index (χ0v) is 12.6. The van der Waals surface area contributed by atoms with Crippen molar-refractivity contribution in [2.45, 2.75) is 19.8 Å². The minimum Gasteiger partial charge on any atom is -0.502 e. The maximum absolute atomic E-state index is 14.0. The summed E-state index contributed by atoms with van der Waals surface area (Å²) in [5.74, 6) is -4.30. The van der Waals surface area contributed by atoms with Gasteiger partial charge in [-0.3, -0.25) is 14.5 Å². The van der Waals surface area contributed by atoms with Gasteiger partial charge in [0.25, 0.3) is 5.88 Å². The third-order valence-corrected chi connectivity index (χ3v) is 3.56. The molecule has 126 valence electrons. The van der Waals surface area contributed by atoms with Gasteiger partial charge in [-0.05, 0) is 18.6 Å². The van der Waals surface area contributed by atoms with Crippen LogP contribution < -0.4 is 9.64 Å². The topological polar surface area (TPSA) is 80.0 Å². The first kappa shape index (κ1) is 16.0. The van der Waals surface area contributed by atoms with Gasteiger partial charge in [-0.15, -0.1) is 0 Å². The Morgan fingerprint density at radius 2 is 2.12 bits per heavy atom. The van der Waals surface area contributed by atoms with Crippen LogP contribution in [0.3, 0.4) is 0 Å². The highest BCUT2D eigenvalue weighted by molar-refractivity contribution is 5.97. The van der Waals surface area contributed by atoms with E-state index in [1.165, 1.54) is 4.90 Å². The molecule has 0 unspecified atom stereocenters. The van der Waals surface area contributed by atoms with Gasteiger partial charge in [0.2, 0.25) is 17.4 Å². The molecule has 24 heavy (non-hydrogen) atoms. The summed E-state index contributed by atoms with van der Waals surface area (Å²) < 4.78 is 37.4. The van der Waals surface area contributed by atoms with Crippen LogP contribution in [0.4, 0.5) is 14.7 Å². The summed E-state index contributed by atoms with van der Waals surface area (Å²) in [7, 11) is 0. The van der Waals surface area contributed by atoms with Crippen molar-refractivity contribution in [2.24, 2.45) is 0 Å². The van der Waals surface area contributed by atoms with Crippen LogP contribution in [-0.4, -0.2) is 23.5 Å². The number of hydrogen-bond donors (Lipinski definition) is 1. The number of esters is 1. The van der Waals surface area contributed by atoms with Gasteiger partial charge in [0.15, 0.2) is 5.76 Å². The Morgan fingerprint density at radius 1 is 1.38 bits per heavy atom. The monoisotopic (exact) mass is 337 g/mol. The number of aromatic hydroxyl groups is 1. The fourth-order valence-electron chi connectivity index (χ4n) is 2.53. The van der Waals surface area contributed by atoms with Gasteiger partial charge in [0.1, 0.15) is 11.6 Å². The number of anilines is 1. The second-order valence-electron chi connectivity index (χ2n) is 5.28. The lowest BCUT2D eigenvalue weighted by Crippen LogP contribution is -2.24. The normalized spacial score (nSPS) is 14.3. The number of halogens is 2. The predicted octanol–water partition coefficient (Wildman–Crippen LogP) is 2.98. The minimum absolute atomic E-state index is 0.177. The fourth-order valence-corrected chi connectivity index (χ4v) is 2.53. The van der Waals surface area contributed by atoms with Crippen LogP contribution in [0.15, 0.2) is 22.6 Å². The lowest BCUT2D eigenvalue weighted by molar-refractivity contribution is -0.132. The van der Waals surface area contributed by atoms with Crippen molar-refractivity contribution in [2.75, 3.05) is 11.4 Å². The lowest BCUT2D eigenvalue weighted by atomic mass is 10.1. The number of nitrogens with zero attached hydrogens (tertiary/aromatic N) is 1. The minimum atomic E-state index is -0.965. The van der Waals surface area contributed by atoms with Crippen LogP contribution in [0.5, 0.6) is 11.5 Å². The van der Waals surface area contributed by atoms with E-state index in [-0.39, 0.29) is 35.3 Å². The Bertz CT molecular complexity index is 830. The number of carbonyl (C=O) groups excluding carboxylic acids is 2. The SMILES string of the molecule is CC(=O)Oc1c(N2CCCC2=O)oc(-c2ccc(F)cc2F)c1O. The fraction of sp³-hybridized carbons (Fsp3) is 0.250. The summed E-state index contributed by atoms with van der Waals surface area (Å²) >= 11 is 0. The van der Waals surface area contributed by atoms with Crippen molar-refractivity contribution in [1.29, 1.82) is 0 Å². The maximum atomic E-state index is 14.0. The van der Waals surface area contributed by atoms with Crippen molar-refractivity contribution in [1.82, 2.24) is 0 Å². The molecule has 1 aliphatic heterocycles. The van der Waals surface area contributed by atoms with Crippen LogP contribution in [0.1, 0.15) is 19.8 Å². The Balaban J connectivity index is 2.15. The van der Waals surface area contributed by atoms with Gasteiger partial charge < -0.3 is 14.3 Å². The molecule has 1 saturated heterocycles. The van der Waals surface area contributed by atoms with E-state index in [2.05, 4.69) is 0 Å². The van der Waals surface area contributed by atoms with E-state index in [0.29, 0.717) is 19.0 Å². The molecule has 2 aromatic rings. The average molecular weight is 337 g/mol. The van der Waals surface area contributed by atoms with Crippen molar-refractivity contribution < 1.29 is 32.6 Å². The Morgan fingerprint density at radius 3 is 2.71 bits per heavy atom. The van der Waals surface area contributed by atoms with Crippen LogP contribution in [0.25, 0.3) is 11.3 Å². The van der Waals surface area contributed by atoms with Gasteiger partial charge in [-0.25, -0.2) is 8.78 Å². The largest absolute Gasteiger partial charge is 0.502 e. The molecule has 0 saturated carbocycles. The Kier molecular flexibility index (Phi) is 3.96. The first-order valence-corrected chi connectivity index (χ1v) is 7.18. The maximum Gasteiger partial charge on any atom is 0.308 e. The summed E-state index contributed by atoms with van der Waals surface area (Å²) in [5.41, 5.74) is -0.222. The van der Waals surface area contributed by atoms with Gasteiger partial charge in [0, 0.05) is 26.0 Å². The number of rotatable bonds is 3. The molecule has 3 rings (SSSR count). The number of carbonyl (C=O) groups is 2. The molecule has 1 aromatic heterocycles. The van der Waals surface area contributed by atoms with Crippen LogP contribution in [-0.2, 0) is 9.59 Å². The van der Waals surface area contributed by atoms with E-state index in [4.69, 9.17) is 9.15 Å². The summed E-state index contributed by atoms with van der Waals surface area (Å²) in [6, 6.07) is 2.70. The first-order chi connectivity index (χ1) is 11.4. The highest BCUT2D eigenvalue weighted by Gasteiger charge is 2.33. The summed E-state index contributed by atoms with van der Waals surface area (Å²) in [6.45, 7) is 1.42. The van der Waals surface area contributed by atoms with E-state index in [0.717, 1.165) is 19.1 Å². The molecule has 0 bridgehead atoms. The van der Waals surface area contributed by atoms with Gasteiger partial charge >= 0.3 is 5.97 Å². The van der Waals surface area contributed by atoms with Crippen molar-refractivity contribution >= 4 is 17.8 Å². The third-order valence-electron chi connectivity index (χ3n) is 3.56. The molecule has 0 spiro atoms. The second-order valence-corrected chi connectivity index (χ2v) is 5.28. The van der Waals surface area contributed by atoms with Gasteiger partial charge in [0.05, 0.1) is 5.56 Å². The molecule has 1 aliphatic rings. The molecule has 1 N–H and O–H groups in total. The first-order valence-electron chi connectivity index (χ1n) is 7.18. The highest BCUT2D eigenvalue weighted by atomic mass is 19.1. The zero-order valence-electron chi connectivity index (χ0n) is 12.6. The summed E-state index contributed by atoms with van der Waals surface area (Å²) in [6.07, 6.45) is 0.848.